The van der Waals surface area contributed by atoms with E-state index in [2.05, 4.69) is 20.1 Å². The van der Waals surface area contributed by atoms with Crippen LogP contribution in [0, 0.1) is 11.6 Å². The molecule has 0 radical (unpaired) electrons. The largest absolute Gasteiger partial charge is 0.439 e. The monoisotopic (exact) mass is 435 g/mol. The molecular weight excluding hydrogens is 416 g/mol. The molecule has 1 aliphatic rings. The van der Waals surface area contributed by atoms with Gasteiger partial charge in [-0.1, -0.05) is 5.16 Å². The maximum Gasteiger partial charge on any atom is 0.231 e. The fourth-order valence-electron chi connectivity index (χ4n) is 3.64. The van der Waals surface area contributed by atoms with Crippen LogP contribution in [0.15, 0.2) is 65.3 Å². The molecule has 162 valence electrons. The third kappa shape index (κ3) is 4.41. The molecule has 1 atom stereocenters. The van der Waals surface area contributed by atoms with Gasteiger partial charge in [0.15, 0.2) is 0 Å². The molecule has 2 aromatic heterocycles. The maximum absolute atomic E-state index is 13.2. The van der Waals surface area contributed by atoms with Crippen molar-refractivity contribution in [2.45, 2.75) is 18.8 Å². The number of ether oxygens (including phenoxy) is 1. The molecule has 9 heteroatoms. The Labute approximate surface area is 182 Å². The maximum atomic E-state index is 13.2. The second kappa shape index (κ2) is 8.70. The van der Waals surface area contributed by atoms with Crippen LogP contribution in [-0.2, 0) is 0 Å². The lowest BCUT2D eigenvalue weighted by atomic mass is 9.98. The SMILES string of the molecule is Fc1ccc(Oc2ccnc(N3CCCC(c4nc(-c5ccc(F)cc5)no4)C3)n2)cc1. The smallest absolute Gasteiger partial charge is 0.231 e. The molecule has 4 aromatic rings. The van der Waals surface area contributed by atoms with Gasteiger partial charge in [-0.3, -0.25) is 0 Å². The van der Waals surface area contributed by atoms with Crippen molar-refractivity contribution in [2.24, 2.45) is 0 Å². The highest BCUT2D eigenvalue weighted by Gasteiger charge is 2.28. The number of halogens is 2. The Hall–Kier alpha value is -3.88. The van der Waals surface area contributed by atoms with Crippen LogP contribution >= 0.6 is 0 Å². The topological polar surface area (TPSA) is 77.2 Å². The minimum Gasteiger partial charge on any atom is -0.439 e. The van der Waals surface area contributed by atoms with E-state index in [9.17, 15) is 8.78 Å². The van der Waals surface area contributed by atoms with Gasteiger partial charge in [0.1, 0.15) is 17.4 Å². The first-order chi connectivity index (χ1) is 15.6. The van der Waals surface area contributed by atoms with Gasteiger partial charge in [-0.05, 0) is 61.4 Å². The zero-order valence-corrected chi connectivity index (χ0v) is 17.0. The second-order valence-corrected chi connectivity index (χ2v) is 7.50. The van der Waals surface area contributed by atoms with E-state index in [0.29, 0.717) is 41.4 Å². The minimum absolute atomic E-state index is 0.0238. The summed E-state index contributed by atoms with van der Waals surface area (Å²) in [4.78, 5) is 15.4. The Morgan fingerprint density at radius 3 is 2.47 bits per heavy atom. The number of nitrogens with zero attached hydrogens (tertiary/aromatic N) is 5. The zero-order valence-electron chi connectivity index (χ0n) is 17.0. The highest BCUT2D eigenvalue weighted by Crippen LogP contribution is 2.30. The fraction of sp³-hybridized carbons (Fsp3) is 0.217. The number of rotatable bonds is 5. The van der Waals surface area contributed by atoms with Crippen LogP contribution < -0.4 is 9.64 Å². The summed E-state index contributed by atoms with van der Waals surface area (Å²) in [7, 11) is 0. The molecule has 0 saturated carbocycles. The molecule has 0 spiro atoms. The van der Waals surface area contributed by atoms with E-state index in [4.69, 9.17) is 9.26 Å². The van der Waals surface area contributed by atoms with Crippen molar-refractivity contribution in [3.63, 3.8) is 0 Å². The Balaban J connectivity index is 1.30. The van der Waals surface area contributed by atoms with Gasteiger partial charge in [0.05, 0.1) is 5.92 Å². The fourth-order valence-corrected chi connectivity index (χ4v) is 3.64. The molecule has 0 aliphatic carbocycles. The molecule has 32 heavy (non-hydrogen) atoms. The van der Waals surface area contributed by atoms with E-state index >= 15 is 0 Å². The quantitative estimate of drug-likeness (QED) is 0.437. The van der Waals surface area contributed by atoms with Crippen LogP contribution in [0.5, 0.6) is 11.6 Å². The van der Waals surface area contributed by atoms with Gasteiger partial charge >= 0.3 is 0 Å². The van der Waals surface area contributed by atoms with Crippen molar-refractivity contribution in [2.75, 3.05) is 18.0 Å². The molecule has 3 heterocycles. The molecule has 1 unspecified atom stereocenters. The summed E-state index contributed by atoms with van der Waals surface area (Å²) in [6.07, 6.45) is 3.43. The van der Waals surface area contributed by atoms with E-state index < -0.39 is 0 Å². The van der Waals surface area contributed by atoms with Crippen LogP contribution in [0.25, 0.3) is 11.4 Å². The highest BCUT2D eigenvalue weighted by molar-refractivity contribution is 5.53. The average molecular weight is 435 g/mol. The Morgan fingerprint density at radius 2 is 1.69 bits per heavy atom. The van der Waals surface area contributed by atoms with Gasteiger partial charge in [-0.25, -0.2) is 13.8 Å². The van der Waals surface area contributed by atoms with Crippen molar-refractivity contribution in [3.05, 3.63) is 78.3 Å². The standard InChI is InChI=1S/C23H19F2N5O2/c24-17-5-3-15(4-6-17)21-28-22(32-29-21)16-2-1-13-30(14-16)23-26-12-11-20(27-23)31-19-9-7-18(25)8-10-19/h3-12,16H,1-2,13-14H2. The third-order valence-corrected chi connectivity index (χ3v) is 5.25. The van der Waals surface area contributed by atoms with E-state index in [1.54, 1.807) is 36.5 Å². The Bertz CT molecular complexity index is 1200. The lowest BCUT2D eigenvalue weighted by Gasteiger charge is -2.30. The summed E-state index contributed by atoms with van der Waals surface area (Å²) in [5, 5.41) is 4.05. The van der Waals surface area contributed by atoms with Crippen LogP contribution in [0.2, 0.25) is 0 Å². The Morgan fingerprint density at radius 1 is 0.938 bits per heavy atom. The first-order valence-electron chi connectivity index (χ1n) is 10.2. The van der Waals surface area contributed by atoms with Crippen molar-refractivity contribution in [1.29, 1.82) is 0 Å². The summed E-state index contributed by atoms with van der Waals surface area (Å²) in [5.74, 6) is 1.75. The van der Waals surface area contributed by atoms with Gasteiger partial charge in [0.25, 0.3) is 0 Å². The first kappa shape index (κ1) is 20.0. The molecule has 7 nitrogen and oxygen atoms in total. The molecule has 1 saturated heterocycles. The summed E-state index contributed by atoms with van der Waals surface area (Å²) < 4.78 is 37.5. The predicted molar refractivity (Wildman–Crippen MR) is 112 cm³/mol. The highest BCUT2D eigenvalue weighted by atomic mass is 19.1. The Kier molecular flexibility index (Phi) is 5.45. The molecule has 5 rings (SSSR count). The normalized spacial score (nSPS) is 16.2. The molecule has 0 N–H and O–H groups in total. The summed E-state index contributed by atoms with van der Waals surface area (Å²) >= 11 is 0. The van der Waals surface area contributed by atoms with E-state index in [1.165, 1.54) is 24.3 Å². The molecular formula is C23H19F2N5O2. The van der Waals surface area contributed by atoms with Gasteiger partial charge in [-0.15, -0.1) is 0 Å². The van der Waals surface area contributed by atoms with Crippen molar-refractivity contribution >= 4 is 5.95 Å². The molecule has 0 amide bonds. The predicted octanol–water partition coefficient (Wildman–Crippen LogP) is 4.98. The molecule has 0 bridgehead atoms. The van der Waals surface area contributed by atoms with Gasteiger partial charge in [0.2, 0.25) is 23.5 Å². The first-order valence-corrected chi connectivity index (χ1v) is 10.2. The lowest BCUT2D eigenvalue weighted by molar-refractivity contribution is 0.332. The lowest BCUT2D eigenvalue weighted by Crippen LogP contribution is -2.35. The number of benzene rings is 2. The third-order valence-electron chi connectivity index (χ3n) is 5.25. The van der Waals surface area contributed by atoms with Crippen LogP contribution in [0.4, 0.5) is 14.7 Å². The summed E-state index contributed by atoms with van der Waals surface area (Å²) in [6.45, 7) is 1.40. The number of hydrogen-bond donors (Lipinski definition) is 0. The summed E-state index contributed by atoms with van der Waals surface area (Å²) in [6, 6.07) is 13.4. The van der Waals surface area contributed by atoms with Gasteiger partial charge in [-0.2, -0.15) is 9.97 Å². The number of piperidine rings is 1. The van der Waals surface area contributed by atoms with Gasteiger partial charge < -0.3 is 14.2 Å². The minimum atomic E-state index is -0.330. The molecule has 2 aromatic carbocycles. The van der Waals surface area contributed by atoms with Crippen molar-refractivity contribution < 1.29 is 18.0 Å². The zero-order chi connectivity index (χ0) is 21.9. The van der Waals surface area contributed by atoms with Crippen LogP contribution in [0.1, 0.15) is 24.7 Å². The van der Waals surface area contributed by atoms with E-state index in [1.807, 2.05) is 4.90 Å². The van der Waals surface area contributed by atoms with Gasteiger partial charge in [0, 0.05) is 30.9 Å². The summed E-state index contributed by atoms with van der Waals surface area (Å²) in [5.41, 5.74) is 0.697. The average Bonchev–Trinajstić information content (AvgIpc) is 3.32. The second-order valence-electron chi connectivity index (χ2n) is 7.50. The van der Waals surface area contributed by atoms with Crippen LogP contribution in [0.3, 0.4) is 0 Å². The van der Waals surface area contributed by atoms with E-state index in [0.717, 1.165) is 19.4 Å². The number of hydrogen-bond acceptors (Lipinski definition) is 7. The number of anilines is 1. The van der Waals surface area contributed by atoms with Crippen molar-refractivity contribution in [1.82, 2.24) is 20.1 Å². The van der Waals surface area contributed by atoms with Crippen molar-refractivity contribution in [3.8, 4) is 23.0 Å². The number of aromatic nitrogens is 4. The van der Waals surface area contributed by atoms with Crippen LogP contribution in [-0.4, -0.2) is 33.2 Å². The molecule has 1 aliphatic heterocycles. The van der Waals surface area contributed by atoms with E-state index in [-0.39, 0.29) is 17.6 Å². The molecule has 1 fully saturated rings.